The summed E-state index contributed by atoms with van der Waals surface area (Å²) in [5.41, 5.74) is 2.26. The second kappa shape index (κ2) is 9.21. The van der Waals surface area contributed by atoms with Crippen LogP contribution in [0.15, 0.2) is 24.3 Å². The zero-order chi connectivity index (χ0) is 15.7. The highest BCUT2D eigenvalue weighted by molar-refractivity contribution is 7.91. The summed E-state index contributed by atoms with van der Waals surface area (Å²) in [4.78, 5) is 0. The van der Waals surface area contributed by atoms with E-state index in [1.54, 1.807) is 0 Å². The van der Waals surface area contributed by atoms with E-state index in [-0.39, 0.29) is 11.8 Å². The van der Waals surface area contributed by atoms with Gasteiger partial charge in [0.15, 0.2) is 9.84 Å². The monoisotopic (exact) mass is 311 g/mol. The summed E-state index contributed by atoms with van der Waals surface area (Å²) in [5, 5.41) is 3.37. The van der Waals surface area contributed by atoms with Crippen LogP contribution in [0.1, 0.15) is 56.7 Å². The maximum absolute atomic E-state index is 12.3. The van der Waals surface area contributed by atoms with E-state index in [1.807, 2.05) is 31.2 Å². The molecule has 1 aromatic rings. The zero-order valence-electron chi connectivity index (χ0n) is 13.6. The lowest BCUT2D eigenvalue weighted by Gasteiger charge is -2.19. The molecule has 1 aromatic carbocycles. The molecule has 0 amide bonds. The third-order valence-electron chi connectivity index (χ3n) is 3.60. The molecule has 4 heteroatoms. The van der Waals surface area contributed by atoms with Crippen molar-refractivity contribution in [1.29, 1.82) is 0 Å². The Morgan fingerprint density at radius 3 is 2.29 bits per heavy atom. The van der Waals surface area contributed by atoms with E-state index in [1.165, 1.54) is 5.56 Å². The van der Waals surface area contributed by atoms with Crippen LogP contribution in [0, 0.1) is 6.92 Å². The predicted octanol–water partition coefficient (Wildman–Crippen LogP) is 3.64. The maximum Gasteiger partial charge on any atom is 0.152 e. The van der Waals surface area contributed by atoms with E-state index in [9.17, 15) is 8.42 Å². The summed E-state index contributed by atoms with van der Waals surface area (Å²) in [6.45, 7) is 7.06. The first-order valence-electron chi connectivity index (χ1n) is 7.99. The molecule has 1 unspecified atom stereocenters. The van der Waals surface area contributed by atoms with E-state index in [2.05, 4.69) is 19.2 Å². The van der Waals surface area contributed by atoms with Gasteiger partial charge in [-0.2, -0.15) is 0 Å². The molecule has 0 heterocycles. The molecule has 0 spiro atoms. The topological polar surface area (TPSA) is 46.2 Å². The summed E-state index contributed by atoms with van der Waals surface area (Å²) in [6, 6.07) is 8.05. The average molecular weight is 311 g/mol. The molecular formula is C17H29NO2S. The summed E-state index contributed by atoms with van der Waals surface area (Å²) < 4.78 is 24.6. The number of nitrogens with one attached hydrogen (secondary N) is 1. The number of unbranched alkanes of at least 4 members (excludes halogenated alkanes) is 2. The second-order valence-electron chi connectivity index (χ2n) is 5.74. The van der Waals surface area contributed by atoms with E-state index in [4.69, 9.17) is 0 Å². The van der Waals surface area contributed by atoms with Gasteiger partial charge in [-0.05, 0) is 31.9 Å². The Morgan fingerprint density at radius 1 is 1.05 bits per heavy atom. The van der Waals surface area contributed by atoms with Gasteiger partial charge in [-0.25, -0.2) is 8.42 Å². The summed E-state index contributed by atoms with van der Waals surface area (Å²) in [6.07, 6.45) is 3.80. The van der Waals surface area contributed by atoms with E-state index >= 15 is 0 Å². The highest BCUT2D eigenvalue weighted by Gasteiger charge is 2.20. The fraction of sp³-hybridized carbons (Fsp3) is 0.647. The van der Waals surface area contributed by atoms with Gasteiger partial charge in [-0.15, -0.1) is 0 Å². The minimum absolute atomic E-state index is 0.0998. The third-order valence-corrected chi connectivity index (χ3v) is 5.35. The lowest BCUT2D eigenvalue weighted by molar-refractivity contribution is 0.544. The van der Waals surface area contributed by atoms with Crippen LogP contribution in [-0.2, 0) is 9.84 Å². The highest BCUT2D eigenvalue weighted by Crippen LogP contribution is 2.17. The lowest BCUT2D eigenvalue weighted by atomic mass is 10.1. The van der Waals surface area contributed by atoms with Gasteiger partial charge >= 0.3 is 0 Å². The van der Waals surface area contributed by atoms with Crippen LogP contribution in [0.4, 0.5) is 0 Å². The van der Waals surface area contributed by atoms with Crippen molar-refractivity contribution < 1.29 is 8.42 Å². The molecule has 3 nitrogen and oxygen atoms in total. The summed E-state index contributed by atoms with van der Waals surface area (Å²) in [7, 11) is -3.00. The van der Waals surface area contributed by atoms with Crippen molar-refractivity contribution in [3.05, 3.63) is 35.4 Å². The van der Waals surface area contributed by atoms with Crippen LogP contribution in [0.5, 0.6) is 0 Å². The van der Waals surface area contributed by atoms with Crippen LogP contribution >= 0.6 is 0 Å². The van der Waals surface area contributed by atoms with E-state index < -0.39 is 9.84 Å². The first kappa shape index (κ1) is 18.2. The Hall–Kier alpha value is -0.870. The molecule has 0 aliphatic heterocycles. The molecule has 1 atom stereocenters. The fourth-order valence-corrected chi connectivity index (χ4v) is 3.93. The quantitative estimate of drug-likeness (QED) is 0.671. The van der Waals surface area contributed by atoms with Gasteiger partial charge in [0.25, 0.3) is 0 Å². The van der Waals surface area contributed by atoms with Crippen molar-refractivity contribution in [2.24, 2.45) is 0 Å². The Morgan fingerprint density at radius 2 is 1.71 bits per heavy atom. The zero-order valence-corrected chi connectivity index (χ0v) is 14.4. The molecule has 0 aliphatic rings. The van der Waals surface area contributed by atoms with Gasteiger partial charge in [0.2, 0.25) is 0 Å². The molecule has 1 N–H and O–H groups in total. The van der Waals surface area contributed by atoms with Gasteiger partial charge in [-0.3, -0.25) is 0 Å². The molecule has 0 saturated heterocycles. The highest BCUT2D eigenvalue weighted by atomic mass is 32.2. The van der Waals surface area contributed by atoms with Crippen molar-refractivity contribution in [2.45, 2.75) is 52.5 Å². The molecule has 120 valence electrons. The molecule has 0 aliphatic carbocycles. The number of rotatable bonds is 10. The number of hydrogen-bond donors (Lipinski definition) is 1. The van der Waals surface area contributed by atoms with Gasteiger partial charge in [-0.1, -0.05) is 56.5 Å². The molecule has 0 fully saturated rings. The predicted molar refractivity (Wildman–Crippen MR) is 90.4 cm³/mol. The Kier molecular flexibility index (Phi) is 7.97. The normalized spacial score (nSPS) is 13.3. The van der Waals surface area contributed by atoms with Crippen LogP contribution in [0.2, 0.25) is 0 Å². The number of sulfone groups is 1. The van der Waals surface area contributed by atoms with Crippen molar-refractivity contribution in [3.8, 4) is 0 Å². The fourth-order valence-electron chi connectivity index (χ4n) is 2.30. The van der Waals surface area contributed by atoms with Gasteiger partial charge in [0, 0.05) is 6.04 Å². The summed E-state index contributed by atoms with van der Waals surface area (Å²) >= 11 is 0. The van der Waals surface area contributed by atoms with Crippen molar-refractivity contribution >= 4 is 9.84 Å². The van der Waals surface area contributed by atoms with Crippen molar-refractivity contribution in [1.82, 2.24) is 5.32 Å². The number of hydrogen-bond acceptors (Lipinski definition) is 3. The molecule has 1 rings (SSSR count). The standard InChI is InChI=1S/C17H29NO2S/c1-4-6-7-13-21(19,20)14-17(18-12-5-2)16-10-8-15(3)9-11-16/h8-11,17-18H,4-7,12-14H2,1-3H3. The maximum atomic E-state index is 12.3. The number of aryl methyl sites for hydroxylation is 1. The van der Waals surface area contributed by atoms with Crippen LogP contribution in [0.25, 0.3) is 0 Å². The van der Waals surface area contributed by atoms with Crippen molar-refractivity contribution in [2.75, 3.05) is 18.1 Å². The lowest BCUT2D eigenvalue weighted by Crippen LogP contribution is -2.30. The van der Waals surface area contributed by atoms with E-state index in [0.717, 1.165) is 37.8 Å². The van der Waals surface area contributed by atoms with Crippen LogP contribution < -0.4 is 5.32 Å². The van der Waals surface area contributed by atoms with Gasteiger partial charge < -0.3 is 5.32 Å². The minimum atomic E-state index is -3.00. The molecule has 0 bridgehead atoms. The smallest absolute Gasteiger partial charge is 0.152 e. The largest absolute Gasteiger partial charge is 0.309 e. The molecule has 21 heavy (non-hydrogen) atoms. The molecular weight excluding hydrogens is 282 g/mol. The SMILES string of the molecule is CCCCCS(=O)(=O)CC(NCCC)c1ccc(C)cc1. The Balaban J connectivity index is 2.75. The van der Waals surface area contributed by atoms with Crippen LogP contribution in [0.3, 0.4) is 0 Å². The molecule has 0 aromatic heterocycles. The van der Waals surface area contributed by atoms with Gasteiger partial charge in [0.05, 0.1) is 11.5 Å². The average Bonchev–Trinajstić information content (AvgIpc) is 2.44. The molecule has 0 saturated carbocycles. The van der Waals surface area contributed by atoms with Crippen molar-refractivity contribution in [3.63, 3.8) is 0 Å². The Labute approximate surface area is 130 Å². The minimum Gasteiger partial charge on any atom is -0.309 e. The summed E-state index contributed by atoms with van der Waals surface area (Å²) in [5.74, 6) is 0.497. The van der Waals surface area contributed by atoms with E-state index in [0.29, 0.717) is 5.75 Å². The number of benzene rings is 1. The second-order valence-corrected chi connectivity index (χ2v) is 7.97. The molecule has 0 radical (unpaired) electrons. The first-order chi connectivity index (χ1) is 9.98. The Bertz CT molecular complexity index is 494. The van der Waals surface area contributed by atoms with Crippen LogP contribution in [-0.4, -0.2) is 26.5 Å². The third kappa shape index (κ3) is 7.09. The van der Waals surface area contributed by atoms with Gasteiger partial charge in [0.1, 0.15) is 0 Å². The first-order valence-corrected chi connectivity index (χ1v) is 9.81.